The molecule has 0 atom stereocenters. The molecule has 10 heteroatoms. The summed E-state index contributed by atoms with van der Waals surface area (Å²) in [6.07, 6.45) is 5.87. The molecule has 0 spiro atoms. The van der Waals surface area contributed by atoms with Crippen molar-refractivity contribution in [1.82, 2.24) is 14.6 Å². The molecule has 0 amide bonds. The summed E-state index contributed by atoms with van der Waals surface area (Å²) >= 11 is 0. The van der Waals surface area contributed by atoms with Gasteiger partial charge in [-0.1, -0.05) is 45.2 Å². The molecule has 8 nitrogen and oxygen atoms in total. The lowest BCUT2D eigenvalue weighted by Crippen LogP contribution is -2.37. The molecule has 1 heterocycles. The van der Waals surface area contributed by atoms with E-state index in [1.54, 1.807) is 6.92 Å². The lowest BCUT2D eigenvalue weighted by molar-refractivity contribution is 0.418. The molecule has 0 aliphatic heterocycles. The van der Waals surface area contributed by atoms with Gasteiger partial charge in [-0.2, -0.15) is 4.31 Å². The minimum atomic E-state index is -4.07. The highest BCUT2D eigenvalue weighted by molar-refractivity contribution is 7.89. The fourth-order valence-electron chi connectivity index (χ4n) is 3.20. The first kappa shape index (κ1) is 23.7. The maximum Gasteiger partial charge on any atom is 0.256 e. The summed E-state index contributed by atoms with van der Waals surface area (Å²) < 4.78 is 51.5. The van der Waals surface area contributed by atoms with Gasteiger partial charge in [0.25, 0.3) is 10.0 Å². The molecule has 0 saturated carbocycles. The summed E-state index contributed by atoms with van der Waals surface area (Å²) in [5, 5.41) is 8.68. The van der Waals surface area contributed by atoms with Crippen molar-refractivity contribution in [2.75, 3.05) is 26.2 Å². The molecule has 29 heavy (non-hydrogen) atoms. The number of fused-ring (bicyclic) bond motifs is 1. The topological polar surface area (TPSA) is 122 Å². The van der Waals surface area contributed by atoms with Crippen LogP contribution in [-0.2, 0) is 20.0 Å². The number of aromatic nitrogens is 1. The second kappa shape index (κ2) is 10.4. The van der Waals surface area contributed by atoms with E-state index in [1.165, 1.54) is 47.6 Å². The Hall–Kier alpha value is -1.59. The van der Waals surface area contributed by atoms with Crippen LogP contribution >= 0.6 is 0 Å². The first-order valence-corrected chi connectivity index (χ1v) is 12.8. The normalized spacial score (nSPS) is 12.7. The monoisotopic (exact) mass is 442 g/mol. The zero-order chi connectivity index (χ0) is 21.5. The van der Waals surface area contributed by atoms with E-state index in [-0.39, 0.29) is 20.7 Å². The zero-order valence-corrected chi connectivity index (χ0v) is 18.6. The number of nitrogens with two attached hydrogens (primary N) is 1. The third kappa shape index (κ3) is 5.95. The van der Waals surface area contributed by atoms with E-state index in [2.05, 4.69) is 17.2 Å². The lowest BCUT2D eigenvalue weighted by Gasteiger charge is -2.22. The van der Waals surface area contributed by atoms with Gasteiger partial charge in [0.2, 0.25) is 10.0 Å². The molecule has 2 aromatic rings. The number of hydrogen-bond acceptors (Lipinski definition) is 6. The van der Waals surface area contributed by atoms with E-state index in [1.807, 2.05) is 0 Å². The fourth-order valence-corrected chi connectivity index (χ4v) is 5.54. The van der Waals surface area contributed by atoms with E-state index in [4.69, 9.17) is 5.14 Å². The lowest BCUT2D eigenvalue weighted by atomic mass is 10.2. The van der Waals surface area contributed by atoms with E-state index < -0.39 is 20.0 Å². The van der Waals surface area contributed by atoms with Gasteiger partial charge in [-0.3, -0.25) is 0 Å². The van der Waals surface area contributed by atoms with Gasteiger partial charge in [0.05, 0.1) is 4.90 Å². The van der Waals surface area contributed by atoms with Crippen LogP contribution in [0.1, 0.15) is 39.5 Å². The molecule has 2 rings (SSSR count). The number of unbranched alkanes of at least 4 members (excludes halogenated alkanes) is 3. The number of nitrogens with one attached hydrogen (secondary N) is 1. The minimum absolute atomic E-state index is 0.0482. The van der Waals surface area contributed by atoms with Gasteiger partial charge in [0, 0.05) is 36.6 Å². The Morgan fingerprint density at radius 1 is 1.00 bits per heavy atom. The maximum atomic E-state index is 13.2. The van der Waals surface area contributed by atoms with E-state index in [0.717, 1.165) is 19.4 Å². The van der Waals surface area contributed by atoms with Crippen molar-refractivity contribution in [1.29, 1.82) is 0 Å². The highest BCUT2D eigenvalue weighted by Gasteiger charge is 2.26. The molecule has 0 saturated heterocycles. The minimum Gasteiger partial charge on any atom is -0.315 e. The number of benzene rings is 1. The van der Waals surface area contributed by atoms with Crippen LogP contribution in [0.25, 0.3) is 10.8 Å². The standard InChI is InChI=1S/C19H30N4O4S2/c1-3-5-6-7-12-21-14-15-23(4-2)29(26,27)18-10-8-9-17-16(18)11-13-22-19(17)28(20,24)25/h8-11,13,21H,3-7,12,14-15H2,1-2H3,(H2,20,24,25). The summed E-state index contributed by atoms with van der Waals surface area (Å²) in [6, 6.07) is 5.99. The molecule has 1 aromatic carbocycles. The van der Waals surface area contributed by atoms with Gasteiger partial charge in [-0.15, -0.1) is 0 Å². The molecule has 0 bridgehead atoms. The van der Waals surface area contributed by atoms with Gasteiger partial charge >= 0.3 is 0 Å². The predicted octanol–water partition coefficient (Wildman–Crippen LogP) is 2.06. The summed E-state index contributed by atoms with van der Waals surface area (Å²) in [7, 11) is -7.89. The van der Waals surface area contributed by atoms with Crippen molar-refractivity contribution < 1.29 is 16.8 Å². The summed E-state index contributed by atoms with van der Waals surface area (Å²) in [5.41, 5.74) is 0. The van der Waals surface area contributed by atoms with E-state index in [0.29, 0.717) is 19.6 Å². The Kier molecular flexibility index (Phi) is 8.53. The van der Waals surface area contributed by atoms with Gasteiger partial charge in [-0.25, -0.2) is 27.0 Å². The first-order valence-electron chi connectivity index (χ1n) is 9.84. The first-order chi connectivity index (χ1) is 13.7. The zero-order valence-electron chi connectivity index (χ0n) is 17.0. The van der Waals surface area contributed by atoms with Crippen LogP contribution in [0, 0.1) is 0 Å². The quantitative estimate of drug-likeness (QED) is 0.485. The van der Waals surface area contributed by atoms with Gasteiger partial charge in [0.15, 0.2) is 5.03 Å². The number of hydrogen-bond donors (Lipinski definition) is 2. The van der Waals surface area contributed by atoms with Crippen LogP contribution in [0.2, 0.25) is 0 Å². The molecule has 0 radical (unpaired) electrons. The van der Waals surface area contributed by atoms with Crippen molar-refractivity contribution in [2.24, 2.45) is 5.14 Å². The molecular weight excluding hydrogens is 412 g/mol. The molecule has 0 aliphatic carbocycles. The van der Waals surface area contributed by atoms with Gasteiger partial charge in [0.1, 0.15) is 0 Å². The molecule has 1 aromatic heterocycles. The van der Waals surface area contributed by atoms with E-state index in [9.17, 15) is 16.8 Å². The van der Waals surface area contributed by atoms with Crippen molar-refractivity contribution in [2.45, 2.75) is 49.5 Å². The summed E-state index contributed by atoms with van der Waals surface area (Å²) in [5.74, 6) is 0. The third-order valence-electron chi connectivity index (χ3n) is 4.71. The number of likely N-dealkylation sites (N-methyl/N-ethyl adjacent to an activating group) is 1. The van der Waals surface area contributed by atoms with Crippen molar-refractivity contribution >= 4 is 30.8 Å². The second-order valence-electron chi connectivity index (χ2n) is 6.82. The Morgan fingerprint density at radius 2 is 1.76 bits per heavy atom. The number of sulfonamides is 2. The smallest absolute Gasteiger partial charge is 0.256 e. The predicted molar refractivity (Wildman–Crippen MR) is 115 cm³/mol. The number of nitrogens with zero attached hydrogens (tertiary/aromatic N) is 2. The largest absolute Gasteiger partial charge is 0.315 e. The molecule has 0 fully saturated rings. The summed E-state index contributed by atoms with van der Waals surface area (Å²) in [4.78, 5) is 3.87. The highest BCUT2D eigenvalue weighted by atomic mass is 32.2. The van der Waals surface area contributed by atoms with Crippen molar-refractivity contribution in [3.63, 3.8) is 0 Å². The molecule has 0 aliphatic rings. The van der Waals surface area contributed by atoms with Crippen molar-refractivity contribution in [3.05, 3.63) is 30.5 Å². The van der Waals surface area contributed by atoms with Crippen LogP contribution in [0.3, 0.4) is 0 Å². The number of pyridine rings is 1. The van der Waals surface area contributed by atoms with Gasteiger partial charge in [-0.05, 0) is 25.1 Å². The number of rotatable bonds is 12. The van der Waals surface area contributed by atoms with Crippen LogP contribution in [0.4, 0.5) is 0 Å². The Morgan fingerprint density at radius 3 is 2.41 bits per heavy atom. The van der Waals surface area contributed by atoms with Crippen LogP contribution in [0.5, 0.6) is 0 Å². The Balaban J connectivity index is 2.24. The number of primary sulfonamides is 1. The molecule has 3 N–H and O–H groups in total. The van der Waals surface area contributed by atoms with Crippen LogP contribution in [-0.4, -0.2) is 52.3 Å². The van der Waals surface area contributed by atoms with Crippen LogP contribution in [0.15, 0.2) is 40.4 Å². The van der Waals surface area contributed by atoms with Crippen molar-refractivity contribution in [3.8, 4) is 0 Å². The molecule has 0 unspecified atom stereocenters. The molecule has 162 valence electrons. The fraction of sp³-hybridized carbons (Fsp3) is 0.526. The SMILES string of the molecule is CCCCCCNCCN(CC)S(=O)(=O)c1cccc2c(S(N)(=O)=O)nccc12. The van der Waals surface area contributed by atoms with Gasteiger partial charge < -0.3 is 5.32 Å². The second-order valence-corrected chi connectivity index (χ2v) is 10.2. The third-order valence-corrected chi connectivity index (χ3v) is 7.61. The van der Waals surface area contributed by atoms with Crippen LogP contribution < -0.4 is 10.5 Å². The highest BCUT2D eigenvalue weighted by Crippen LogP contribution is 2.28. The average Bonchev–Trinajstić information content (AvgIpc) is 2.68. The maximum absolute atomic E-state index is 13.2. The van der Waals surface area contributed by atoms with E-state index >= 15 is 0 Å². The average molecular weight is 443 g/mol. The Bertz CT molecular complexity index is 1020. The Labute approximate surface area is 173 Å². The summed E-state index contributed by atoms with van der Waals surface area (Å²) in [6.45, 7) is 5.98. The molecular formula is C19H30N4O4S2.